The number of hydrogen-bond acceptors (Lipinski definition) is 6. The number of likely N-dealkylation sites (tertiary alicyclic amines) is 1. The Kier molecular flexibility index (Phi) is 9.54. The molecule has 1 aromatic carbocycles. The fraction of sp³-hybridized carbons (Fsp3) is 0.667. The molecule has 1 fully saturated rings. The van der Waals surface area contributed by atoms with E-state index in [9.17, 15) is 9.90 Å². The molecule has 1 amide bonds. The highest BCUT2D eigenvalue weighted by molar-refractivity contribution is 5.77. The SMILES string of the molecule is CNC(=O)CN(C)Cc1ccc(OC[C@H](O)CN2CCCCCC2)c(OC)c1. The topological polar surface area (TPSA) is 74.3 Å². The summed E-state index contributed by atoms with van der Waals surface area (Å²) < 4.78 is 11.3. The number of aliphatic hydroxyl groups excluding tert-OH is 1. The van der Waals surface area contributed by atoms with E-state index >= 15 is 0 Å². The normalized spacial score (nSPS) is 16.5. The second-order valence-electron chi connectivity index (χ2n) is 7.51. The van der Waals surface area contributed by atoms with Crippen LogP contribution >= 0.6 is 0 Å². The van der Waals surface area contributed by atoms with Gasteiger partial charge in [-0.1, -0.05) is 18.9 Å². The molecule has 1 saturated heterocycles. The Bertz CT molecular complexity index is 603. The highest BCUT2D eigenvalue weighted by Crippen LogP contribution is 2.28. The summed E-state index contributed by atoms with van der Waals surface area (Å²) in [6.07, 6.45) is 4.45. The Morgan fingerprint density at radius 2 is 1.96 bits per heavy atom. The van der Waals surface area contributed by atoms with Crippen LogP contribution in [0.3, 0.4) is 0 Å². The van der Waals surface area contributed by atoms with E-state index in [1.807, 2.05) is 30.1 Å². The second kappa shape index (κ2) is 11.9. The van der Waals surface area contributed by atoms with Crippen LogP contribution in [0.2, 0.25) is 0 Å². The van der Waals surface area contributed by atoms with Crippen molar-refractivity contribution in [3.63, 3.8) is 0 Å². The molecule has 28 heavy (non-hydrogen) atoms. The number of nitrogens with zero attached hydrogens (tertiary/aromatic N) is 2. The summed E-state index contributed by atoms with van der Waals surface area (Å²) in [7, 11) is 5.13. The molecule has 1 aliphatic rings. The summed E-state index contributed by atoms with van der Waals surface area (Å²) in [5.74, 6) is 1.23. The molecule has 2 rings (SSSR count). The van der Waals surface area contributed by atoms with Crippen LogP contribution in [0.5, 0.6) is 11.5 Å². The Morgan fingerprint density at radius 3 is 2.61 bits per heavy atom. The number of aliphatic hydroxyl groups is 1. The quantitative estimate of drug-likeness (QED) is 0.627. The predicted molar refractivity (Wildman–Crippen MR) is 110 cm³/mol. The van der Waals surface area contributed by atoms with Crippen molar-refractivity contribution in [2.45, 2.75) is 38.3 Å². The largest absolute Gasteiger partial charge is 0.493 e. The minimum absolute atomic E-state index is 0.0205. The summed E-state index contributed by atoms with van der Waals surface area (Å²) in [4.78, 5) is 15.7. The number of amides is 1. The zero-order valence-electron chi connectivity index (χ0n) is 17.4. The summed E-state index contributed by atoms with van der Waals surface area (Å²) in [5.41, 5.74) is 1.03. The molecule has 2 N–H and O–H groups in total. The van der Waals surface area contributed by atoms with Crippen molar-refractivity contribution in [2.24, 2.45) is 0 Å². The third-order valence-electron chi connectivity index (χ3n) is 4.97. The van der Waals surface area contributed by atoms with E-state index in [1.54, 1.807) is 14.2 Å². The molecule has 1 aromatic rings. The molecule has 0 aromatic heterocycles. The molecule has 0 unspecified atom stereocenters. The first-order valence-corrected chi connectivity index (χ1v) is 10.1. The lowest BCUT2D eigenvalue weighted by Crippen LogP contribution is -2.36. The van der Waals surface area contributed by atoms with Crippen LogP contribution in [-0.2, 0) is 11.3 Å². The Balaban J connectivity index is 1.86. The van der Waals surface area contributed by atoms with Crippen molar-refractivity contribution in [1.29, 1.82) is 0 Å². The highest BCUT2D eigenvalue weighted by Gasteiger charge is 2.16. The average Bonchev–Trinajstić information content (AvgIpc) is 2.95. The molecule has 0 saturated carbocycles. The number of methoxy groups -OCH3 is 1. The first-order chi connectivity index (χ1) is 13.5. The van der Waals surface area contributed by atoms with E-state index in [-0.39, 0.29) is 12.5 Å². The number of nitrogens with one attached hydrogen (secondary N) is 1. The number of hydrogen-bond donors (Lipinski definition) is 2. The Labute approximate surface area is 168 Å². The summed E-state index contributed by atoms with van der Waals surface area (Å²) >= 11 is 0. The first kappa shape index (κ1) is 22.5. The Morgan fingerprint density at radius 1 is 1.25 bits per heavy atom. The molecule has 0 radical (unpaired) electrons. The Hall–Kier alpha value is -1.83. The smallest absolute Gasteiger partial charge is 0.233 e. The zero-order valence-corrected chi connectivity index (χ0v) is 17.4. The fourth-order valence-corrected chi connectivity index (χ4v) is 3.48. The molecule has 0 spiro atoms. The average molecular weight is 394 g/mol. The molecular weight excluding hydrogens is 358 g/mol. The third kappa shape index (κ3) is 7.66. The van der Waals surface area contributed by atoms with Gasteiger partial charge in [0.15, 0.2) is 11.5 Å². The summed E-state index contributed by atoms with van der Waals surface area (Å²) in [6.45, 7) is 3.95. The molecule has 1 heterocycles. The van der Waals surface area contributed by atoms with E-state index in [0.29, 0.717) is 31.1 Å². The van der Waals surface area contributed by atoms with Crippen LogP contribution in [0.15, 0.2) is 18.2 Å². The van der Waals surface area contributed by atoms with Crippen LogP contribution < -0.4 is 14.8 Å². The van der Waals surface area contributed by atoms with Crippen molar-refractivity contribution < 1.29 is 19.4 Å². The number of ether oxygens (including phenoxy) is 2. The van der Waals surface area contributed by atoms with Gasteiger partial charge >= 0.3 is 0 Å². The molecule has 7 heteroatoms. The van der Waals surface area contributed by atoms with Gasteiger partial charge in [-0.2, -0.15) is 0 Å². The van der Waals surface area contributed by atoms with E-state index in [1.165, 1.54) is 25.7 Å². The standard InChI is InChI=1S/C21H35N3O4/c1-22-21(26)15-23(2)13-17-8-9-19(20(12-17)27-3)28-16-18(25)14-24-10-6-4-5-7-11-24/h8-9,12,18,25H,4-7,10-11,13-16H2,1-3H3,(H,22,26)/t18-/m1/s1. The van der Waals surface area contributed by atoms with Crippen LogP contribution in [0.4, 0.5) is 0 Å². The third-order valence-corrected chi connectivity index (χ3v) is 4.97. The van der Waals surface area contributed by atoms with Crippen LogP contribution in [0.1, 0.15) is 31.2 Å². The van der Waals surface area contributed by atoms with Gasteiger partial charge in [-0.3, -0.25) is 9.69 Å². The molecule has 7 nitrogen and oxygen atoms in total. The van der Waals surface area contributed by atoms with Crippen molar-refractivity contribution in [3.05, 3.63) is 23.8 Å². The van der Waals surface area contributed by atoms with Crippen molar-refractivity contribution in [1.82, 2.24) is 15.1 Å². The lowest BCUT2D eigenvalue weighted by molar-refractivity contribution is -0.121. The number of carbonyl (C=O) groups is 1. The van der Waals surface area contributed by atoms with Gasteiger partial charge in [0.05, 0.1) is 13.7 Å². The van der Waals surface area contributed by atoms with Gasteiger partial charge in [0, 0.05) is 20.1 Å². The van der Waals surface area contributed by atoms with Crippen molar-refractivity contribution >= 4 is 5.91 Å². The lowest BCUT2D eigenvalue weighted by atomic mass is 10.2. The molecule has 1 aliphatic heterocycles. The van der Waals surface area contributed by atoms with Gasteiger partial charge in [0.1, 0.15) is 12.7 Å². The first-order valence-electron chi connectivity index (χ1n) is 10.1. The number of carbonyl (C=O) groups excluding carboxylic acids is 1. The molecule has 0 aliphatic carbocycles. The number of benzene rings is 1. The summed E-state index contributed by atoms with van der Waals surface area (Å²) in [5, 5.41) is 13.0. The maximum atomic E-state index is 11.5. The van der Waals surface area contributed by atoms with E-state index in [0.717, 1.165) is 18.7 Å². The van der Waals surface area contributed by atoms with Crippen LogP contribution in [0.25, 0.3) is 0 Å². The van der Waals surface area contributed by atoms with E-state index in [4.69, 9.17) is 9.47 Å². The number of rotatable bonds is 10. The van der Waals surface area contributed by atoms with Crippen molar-refractivity contribution in [2.75, 3.05) is 54.0 Å². The number of β-amino-alcohol motifs (C(OH)–C–C–N with tert-alkyl or cyclic N) is 1. The summed E-state index contributed by atoms with van der Waals surface area (Å²) in [6, 6.07) is 5.73. The van der Waals surface area contributed by atoms with Crippen LogP contribution in [-0.4, -0.2) is 80.9 Å². The van der Waals surface area contributed by atoms with Crippen molar-refractivity contribution in [3.8, 4) is 11.5 Å². The van der Waals surface area contributed by atoms with Gasteiger partial charge in [0.2, 0.25) is 5.91 Å². The molecule has 158 valence electrons. The lowest BCUT2D eigenvalue weighted by Gasteiger charge is -2.23. The highest BCUT2D eigenvalue weighted by atomic mass is 16.5. The second-order valence-corrected chi connectivity index (χ2v) is 7.51. The van der Waals surface area contributed by atoms with Crippen LogP contribution in [0, 0.1) is 0 Å². The van der Waals surface area contributed by atoms with Gasteiger partial charge in [-0.05, 0) is 50.7 Å². The van der Waals surface area contributed by atoms with Gasteiger partial charge < -0.3 is 24.8 Å². The number of likely N-dealkylation sites (N-methyl/N-ethyl adjacent to an activating group) is 2. The minimum Gasteiger partial charge on any atom is -0.493 e. The van der Waals surface area contributed by atoms with E-state index in [2.05, 4.69) is 10.2 Å². The molecule has 0 bridgehead atoms. The monoisotopic (exact) mass is 393 g/mol. The maximum Gasteiger partial charge on any atom is 0.233 e. The van der Waals surface area contributed by atoms with Gasteiger partial charge in [-0.25, -0.2) is 0 Å². The van der Waals surface area contributed by atoms with E-state index < -0.39 is 6.10 Å². The maximum absolute atomic E-state index is 11.5. The molecule has 1 atom stereocenters. The van der Waals surface area contributed by atoms with Gasteiger partial charge in [0.25, 0.3) is 0 Å². The minimum atomic E-state index is -0.527. The fourth-order valence-electron chi connectivity index (χ4n) is 3.48. The van der Waals surface area contributed by atoms with Gasteiger partial charge in [-0.15, -0.1) is 0 Å². The predicted octanol–water partition coefficient (Wildman–Crippen LogP) is 1.49. The zero-order chi connectivity index (χ0) is 20.4. The molecular formula is C21H35N3O4.